The fourth-order valence-corrected chi connectivity index (χ4v) is 0.735. The van der Waals surface area contributed by atoms with E-state index in [4.69, 9.17) is 4.18 Å². The van der Waals surface area contributed by atoms with Gasteiger partial charge in [-0.2, -0.15) is 0 Å². The van der Waals surface area contributed by atoms with Gasteiger partial charge >= 0.3 is 0 Å². The Kier molecular flexibility index (Phi) is 3.24. The first kappa shape index (κ1) is 8.66. The fourth-order valence-electron chi connectivity index (χ4n) is 0.0816. The molecule has 0 rings (SSSR count). The number of hydrogen-bond donors (Lipinski definition) is 2. The minimum Gasteiger partial charge on any atom is -0.304 e. The van der Waals surface area contributed by atoms with E-state index < -0.39 is 0 Å². The molecule has 0 fully saturated rings. The molecule has 0 aromatic rings. The Morgan fingerprint density at radius 1 is 1.38 bits per heavy atom. The molecule has 3 heteroatoms. The molecule has 0 spiro atoms. The molecule has 0 aliphatic carbocycles. The molecule has 0 heterocycles. The Hall–Kier alpha value is 0.660. The van der Waals surface area contributed by atoms with Crippen LogP contribution in [0.1, 0.15) is 13.8 Å². The first-order valence-electron chi connectivity index (χ1n) is 2.50. The molecule has 0 N–H and O–H groups in total. The highest BCUT2D eigenvalue weighted by Crippen LogP contribution is 2.35. The van der Waals surface area contributed by atoms with Crippen LogP contribution in [-0.2, 0) is 4.18 Å². The Balaban J connectivity index is 3.71. The van der Waals surface area contributed by atoms with E-state index in [2.05, 4.69) is 25.4 Å². The van der Waals surface area contributed by atoms with Crippen LogP contribution in [0.4, 0.5) is 0 Å². The van der Waals surface area contributed by atoms with Crippen molar-refractivity contribution in [2.24, 2.45) is 0 Å². The molecule has 0 aliphatic heterocycles. The van der Waals surface area contributed by atoms with Crippen LogP contribution in [0.25, 0.3) is 0 Å². The third-order valence-electron chi connectivity index (χ3n) is 1.30. The lowest BCUT2D eigenvalue weighted by Crippen LogP contribution is -2.18. The summed E-state index contributed by atoms with van der Waals surface area (Å²) in [7, 11) is -0.0424. The van der Waals surface area contributed by atoms with Crippen LogP contribution in [-0.4, -0.2) is 17.4 Å². The van der Waals surface area contributed by atoms with Gasteiger partial charge in [-0.3, -0.25) is 0 Å². The highest BCUT2D eigenvalue weighted by atomic mass is 32.2. The minimum absolute atomic E-state index is 0.0293. The summed E-state index contributed by atoms with van der Waals surface area (Å²) < 4.78 is 4.92. The lowest BCUT2D eigenvalue weighted by Gasteiger charge is -2.28. The summed E-state index contributed by atoms with van der Waals surface area (Å²) in [5.74, 6) is 0. The first-order valence-corrected chi connectivity index (χ1v) is 5.11. The van der Waals surface area contributed by atoms with Crippen molar-refractivity contribution in [3.8, 4) is 0 Å². The summed E-state index contributed by atoms with van der Waals surface area (Å²) in [6.45, 7) is 4.09. The summed E-state index contributed by atoms with van der Waals surface area (Å²) >= 11 is 3.76. The molecule has 0 saturated carbocycles. The normalized spacial score (nSPS) is 13.9. The highest BCUT2D eigenvalue weighted by molar-refractivity contribution is 8.17. The largest absolute Gasteiger partial charge is 0.304 e. The second-order valence-corrected chi connectivity index (χ2v) is 5.48. The Bertz CT molecular complexity index is 70.8. The standard InChI is InChI=1S/C5H14OS2/c1-5(2,6-7)8(3)4/h7-8H,1-4H3. The molecule has 0 atom stereocenters. The SMILES string of the molecule is C[SH](C)C(C)(C)OS. The number of rotatable bonds is 2. The molecular formula is C5H14OS2. The third-order valence-corrected chi connectivity index (χ3v) is 4.15. The molecule has 0 aliphatic rings. The van der Waals surface area contributed by atoms with Gasteiger partial charge in [-0.05, 0) is 39.3 Å². The monoisotopic (exact) mass is 154 g/mol. The van der Waals surface area contributed by atoms with Gasteiger partial charge in [0.05, 0.1) is 0 Å². The Morgan fingerprint density at radius 2 is 1.75 bits per heavy atom. The zero-order chi connectivity index (χ0) is 6.78. The predicted molar refractivity (Wildman–Crippen MR) is 45.0 cm³/mol. The Morgan fingerprint density at radius 3 is 1.75 bits per heavy atom. The maximum absolute atomic E-state index is 4.92. The van der Waals surface area contributed by atoms with Crippen LogP contribution >= 0.6 is 23.8 Å². The van der Waals surface area contributed by atoms with E-state index in [1.165, 1.54) is 0 Å². The van der Waals surface area contributed by atoms with Crippen molar-refractivity contribution in [3.05, 3.63) is 0 Å². The van der Waals surface area contributed by atoms with Crippen molar-refractivity contribution in [1.82, 2.24) is 0 Å². The number of hydrogen-bond acceptors (Lipinski definition) is 2. The molecule has 8 heavy (non-hydrogen) atoms. The van der Waals surface area contributed by atoms with Gasteiger partial charge in [-0.15, -0.1) is 0 Å². The zero-order valence-corrected chi connectivity index (χ0v) is 7.59. The van der Waals surface area contributed by atoms with E-state index in [-0.39, 0.29) is 15.8 Å². The van der Waals surface area contributed by atoms with E-state index in [1.807, 2.05) is 13.8 Å². The average molecular weight is 154 g/mol. The van der Waals surface area contributed by atoms with Crippen molar-refractivity contribution in [1.29, 1.82) is 0 Å². The second kappa shape index (κ2) is 2.99. The van der Waals surface area contributed by atoms with Gasteiger partial charge in [-0.1, -0.05) is 0 Å². The van der Waals surface area contributed by atoms with E-state index in [0.29, 0.717) is 0 Å². The summed E-state index contributed by atoms with van der Waals surface area (Å²) in [6.07, 6.45) is 4.34. The molecule has 52 valence electrons. The maximum Gasteiger partial charge on any atom is 0.104 e. The summed E-state index contributed by atoms with van der Waals surface area (Å²) in [4.78, 5) is -0.0293. The molecule has 1 nitrogen and oxygen atoms in total. The van der Waals surface area contributed by atoms with Gasteiger partial charge in [0.1, 0.15) is 4.93 Å². The van der Waals surface area contributed by atoms with Crippen molar-refractivity contribution in [2.75, 3.05) is 12.5 Å². The molecule has 0 saturated heterocycles. The van der Waals surface area contributed by atoms with E-state index in [0.717, 1.165) is 0 Å². The maximum atomic E-state index is 4.92. The van der Waals surface area contributed by atoms with Crippen molar-refractivity contribution in [3.63, 3.8) is 0 Å². The molecule has 0 aromatic carbocycles. The average Bonchev–Trinajstić information content (AvgIpc) is 1.67. The third kappa shape index (κ3) is 2.29. The van der Waals surface area contributed by atoms with Crippen LogP contribution in [0, 0.1) is 0 Å². The lowest BCUT2D eigenvalue weighted by atomic mass is 10.5. The van der Waals surface area contributed by atoms with Crippen molar-refractivity contribution < 1.29 is 4.18 Å². The van der Waals surface area contributed by atoms with Crippen LogP contribution in [0.2, 0.25) is 0 Å². The van der Waals surface area contributed by atoms with E-state index in [1.54, 1.807) is 0 Å². The van der Waals surface area contributed by atoms with Gasteiger partial charge in [0, 0.05) is 0 Å². The van der Waals surface area contributed by atoms with E-state index >= 15 is 0 Å². The van der Waals surface area contributed by atoms with Crippen LogP contribution < -0.4 is 0 Å². The zero-order valence-electron chi connectivity index (χ0n) is 5.80. The Labute approximate surface area is 59.8 Å². The summed E-state index contributed by atoms with van der Waals surface area (Å²) in [6, 6.07) is 0. The van der Waals surface area contributed by atoms with Crippen molar-refractivity contribution >= 4 is 23.8 Å². The molecular weight excluding hydrogens is 140 g/mol. The second-order valence-electron chi connectivity index (χ2n) is 2.43. The molecule has 0 radical (unpaired) electrons. The van der Waals surface area contributed by atoms with Gasteiger partial charge in [0.2, 0.25) is 0 Å². The summed E-state index contributed by atoms with van der Waals surface area (Å²) in [5, 5.41) is 0. The quantitative estimate of drug-likeness (QED) is 0.456. The lowest BCUT2D eigenvalue weighted by molar-refractivity contribution is 0.254. The smallest absolute Gasteiger partial charge is 0.104 e. The molecule has 0 bridgehead atoms. The number of thiol groups is 2. The van der Waals surface area contributed by atoms with Gasteiger partial charge in [0.25, 0.3) is 0 Å². The molecule has 0 unspecified atom stereocenters. The van der Waals surface area contributed by atoms with Gasteiger partial charge < -0.3 is 4.18 Å². The fraction of sp³-hybridized carbons (Fsp3) is 1.00. The topological polar surface area (TPSA) is 9.23 Å². The first-order chi connectivity index (χ1) is 3.50. The highest BCUT2D eigenvalue weighted by Gasteiger charge is 2.18. The molecule has 0 amide bonds. The van der Waals surface area contributed by atoms with Crippen LogP contribution in [0.3, 0.4) is 0 Å². The van der Waals surface area contributed by atoms with Crippen LogP contribution in [0.15, 0.2) is 0 Å². The predicted octanol–water partition coefficient (Wildman–Crippen LogP) is 1.84. The van der Waals surface area contributed by atoms with Crippen LogP contribution in [0.5, 0.6) is 0 Å². The summed E-state index contributed by atoms with van der Waals surface area (Å²) in [5.41, 5.74) is 0. The minimum atomic E-state index is -0.0424. The van der Waals surface area contributed by atoms with E-state index in [9.17, 15) is 0 Å². The van der Waals surface area contributed by atoms with Crippen molar-refractivity contribution in [2.45, 2.75) is 18.8 Å². The van der Waals surface area contributed by atoms with Gasteiger partial charge in [-0.25, -0.2) is 10.9 Å². The molecule has 0 aromatic heterocycles. The van der Waals surface area contributed by atoms with Gasteiger partial charge in [0.15, 0.2) is 0 Å².